The molecule has 1 aliphatic rings. The van der Waals surface area contributed by atoms with Crippen molar-refractivity contribution < 1.29 is 0 Å². The first-order valence-electron chi connectivity index (χ1n) is 6.55. The van der Waals surface area contributed by atoms with E-state index in [1.807, 2.05) is 0 Å². The van der Waals surface area contributed by atoms with Gasteiger partial charge in [0.2, 0.25) is 0 Å². The summed E-state index contributed by atoms with van der Waals surface area (Å²) in [5.74, 6) is 0. The van der Waals surface area contributed by atoms with Gasteiger partial charge in [0.1, 0.15) is 0 Å². The summed E-state index contributed by atoms with van der Waals surface area (Å²) in [4.78, 5) is 0. The van der Waals surface area contributed by atoms with E-state index in [9.17, 15) is 0 Å². The van der Waals surface area contributed by atoms with Crippen molar-refractivity contribution in [3.8, 4) is 11.1 Å². The molecule has 0 radical (unpaired) electrons. The van der Waals surface area contributed by atoms with Gasteiger partial charge in [0, 0.05) is 4.47 Å². The van der Waals surface area contributed by atoms with Gasteiger partial charge in [0.25, 0.3) is 0 Å². The van der Waals surface area contributed by atoms with Crippen molar-refractivity contribution >= 4 is 21.5 Å². The Labute approximate surface area is 122 Å². The van der Waals surface area contributed by atoms with E-state index in [4.69, 9.17) is 0 Å². The lowest BCUT2D eigenvalue weighted by atomic mass is 9.90. The fourth-order valence-corrected chi connectivity index (χ4v) is 2.84. The molecule has 0 atom stereocenters. The molecule has 0 bridgehead atoms. The first kappa shape index (κ1) is 12.4. The minimum Gasteiger partial charge on any atom is -0.0842 e. The molecule has 0 aromatic heterocycles. The summed E-state index contributed by atoms with van der Waals surface area (Å²) >= 11 is 3.58. The standard InChI is InChI=1S/C18H15Br/c19-16-11-12-17(14-7-3-1-4-8-14)18(13-16)15-9-5-2-6-10-15/h1-3,5-7,9-13H,4,8H2. The molecular weight excluding hydrogens is 296 g/mol. The summed E-state index contributed by atoms with van der Waals surface area (Å²) in [6.07, 6.45) is 8.88. The van der Waals surface area contributed by atoms with Gasteiger partial charge in [0.05, 0.1) is 0 Å². The van der Waals surface area contributed by atoms with Crippen molar-refractivity contribution in [1.29, 1.82) is 0 Å². The highest BCUT2D eigenvalue weighted by molar-refractivity contribution is 9.10. The Morgan fingerprint density at radius 2 is 1.74 bits per heavy atom. The highest BCUT2D eigenvalue weighted by atomic mass is 79.9. The van der Waals surface area contributed by atoms with Crippen molar-refractivity contribution in [2.75, 3.05) is 0 Å². The maximum Gasteiger partial charge on any atom is 0.0181 e. The normalized spacial score (nSPS) is 14.3. The molecule has 3 rings (SSSR count). The maximum absolute atomic E-state index is 3.58. The van der Waals surface area contributed by atoms with Crippen LogP contribution in [0.25, 0.3) is 16.7 Å². The van der Waals surface area contributed by atoms with Crippen LogP contribution in [0.15, 0.2) is 71.2 Å². The first-order valence-corrected chi connectivity index (χ1v) is 7.35. The third kappa shape index (κ3) is 2.71. The topological polar surface area (TPSA) is 0 Å². The molecule has 94 valence electrons. The maximum atomic E-state index is 3.58. The molecule has 0 saturated heterocycles. The quantitative estimate of drug-likeness (QED) is 0.652. The Morgan fingerprint density at radius 3 is 2.47 bits per heavy atom. The van der Waals surface area contributed by atoms with Gasteiger partial charge in [0.15, 0.2) is 0 Å². The second-order valence-corrected chi connectivity index (χ2v) is 5.63. The largest absolute Gasteiger partial charge is 0.0842 e. The average molecular weight is 311 g/mol. The van der Waals surface area contributed by atoms with Gasteiger partial charge in [-0.05, 0) is 47.2 Å². The molecule has 0 N–H and O–H groups in total. The van der Waals surface area contributed by atoms with Crippen LogP contribution in [0.1, 0.15) is 18.4 Å². The van der Waals surface area contributed by atoms with E-state index in [1.54, 1.807) is 0 Å². The molecule has 0 unspecified atom stereocenters. The molecule has 0 nitrogen and oxygen atoms in total. The number of halogens is 1. The molecule has 0 heterocycles. The van der Waals surface area contributed by atoms with Crippen LogP contribution in [-0.4, -0.2) is 0 Å². The number of rotatable bonds is 2. The fraction of sp³-hybridized carbons (Fsp3) is 0.111. The van der Waals surface area contributed by atoms with Crippen LogP contribution in [0.4, 0.5) is 0 Å². The zero-order valence-electron chi connectivity index (χ0n) is 10.6. The molecule has 0 aliphatic heterocycles. The SMILES string of the molecule is Brc1ccc(C2=CC=CCC2)c(-c2ccccc2)c1. The van der Waals surface area contributed by atoms with E-state index in [2.05, 4.69) is 82.7 Å². The van der Waals surface area contributed by atoms with Crippen LogP contribution in [0.3, 0.4) is 0 Å². The lowest BCUT2D eigenvalue weighted by molar-refractivity contribution is 1.05. The lowest BCUT2D eigenvalue weighted by Crippen LogP contribution is -1.92. The summed E-state index contributed by atoms with van der Waals surface area (Å²) in [6.45, 7) is 0. The minimum absolute atomic E-state index is 1.12. The third-order valence-corrected chi connectivity index (χ3v) is 3.92. The Balaban J connectivity index is 2.15. The van der Waals surface area contributed by atoms with Crippen molar-refractivity contribution in [2.24, 2.45) is 0 Å². The van der Waals surface area contributed by atoms with E-state index in [0.29, 0.717) is 0 Å². The smallest absolute Gasteiger partial charge is 0.0181 e. The van der Waals surface area contributed by atoms with Crippen molar-refractivity contribution in [2.45, 2.75) is 12.8 Å². The van der Waals surface area contributed by atoms with Crippen molar-refractivity contribution in [3.63, 3.8) is 0 Å². The first-order chi connectivity index (χ1) is 9.34. The van der Waals surface area contributed by atoms with E-state index >= 15 is 0 Å². The number of hydrogen-bond acceptors (Lipinski definition) is 0. The Kier molecular flexibility index (Phi) is 3.65. The van der Waals surface area contributed by atoms with Gasteiger partial charge < -0.3 is 0 Å². The minimum atomic E-state index is 1.12. The zero-order valence-corrected chi connectivity index (χ0v) is 12.2. The van der Waals surface area contributed by atoms with Gasteiger partial charge in [-0.15, -0.1) is 0 Å². The molecular formula is C18H15Br. The number of allylic oxidation sites excluding steroid dienone is 4. The molecule has 1 aliphatic carbocycles. The summed E-state index contributed by atoms with van der Waals surface area (Å²) < 4.78 is 1.13. The summed E-state index contributed by atoms with van der Waals surface area (Å²) in [5, 5.41) is 0. The summed E-state index contributed by atoms with van der Waals surface area (Å²) in [6, 6.07) is 17.1. The van der Waals surface area contributed by atoms with Gasteiger partial charge in [-0.2, -0.15) is 0 Å². The predicted molar refractivity (Wildman–Crippen MR) is 85.9 cm³/mol. The van der Waals surface area contributed by atoms with Gasteiger partial charge in [-0.3, -0.25) is 0 Å². The van der Waals surface area contributed by atoms with Crippen LogP contribution in [0, 0.1) is 0 Å². The van der Waals surface area contributed by atoms with Gasteiger partial charge >= 0.3 is 0 Å². The van der Waals surface area contributed by atoms with Crippen LogP contribution in [0.2, 0.25) is 0 Å². The van der Waals surface area contributed by atoms with Crippen molar-refractivity contribution in [1.82, 2.24) is 0 Å². The van der Waals surface area contributed by atoms with Crippen LogP contribution in [0.5, 0.6) is 0 Å². The number of benzene rings is 2. The fourth-order valence-electron chi connectivity index (χ4n) is 2.48. The van der Waals surface area contributed by atoms with E-state index in [0.717, 1.165) is 17.3 Å². The Hall–Kier alpha value is -1.60. The van der Waals surface area contributed by atoms with Gasteiger partial charge in [-0.1, -0.05) is 70.6 Å². The molecule has 19 heavy (non-hydrogen) atoms. The van der Waals surface area contributed by atoms with Crippen LogP contribution in [-0.2, 0) is 0 Å². The van der Waals surface area contributed by atoms with Crippen LogP contribution >= 0.6 is 15.9 Å². The molecule has 0 saturated carbocycles. The monoisotopic (exact) mass is 310 g/mol. The van der Waals surface area contributed by atoms with Gasteiger partial charge in [-0.25, -0.2) is 0 Å². The zero-order chi connectivity index (χ0) is 13.1. The molecule has 0 fully saturated rings. The highest BCUT2D eigenvalue weighted by Crippen LogP contribution is 2.34. The average Bonchev–Trinajstić information content (AvgIpc) is 2.49. The molecule has 0 spiro atoms. The number of hydrogen-bond donors (Lipinski definition) is 0. The molecule has 2 aromatic rings. The summed E-state index contributed by atoms with van der Waals surface area (Å²) in [5.41, 5.74) is 5.35. The van der Waals surface area contributed by atoms with E-state index in [-0.39, 0.29) is 0 Å². The molecule has 1 heteroatoms. The Bertz CT molecular complexity index is 636. The Morgan fingerprint density at radius 1 is 0.895 bits per heavy atom. The molecule has 2 aromatic carbocycles. The molecule has 0 amide bonds. The summed E-state index contributed by atoms with van der Waals surface area (Å²) in [7, 11) is 0. The lowest BCUT2D eigenvalue weighted by Gasteiger charge is -2.15. The predicted octanol–water partition coefficient (Wildman–Crippen LogP) is 5.85. The van der Waals surface area contributed by atoms with Crippen LogP contribution < -0.4 is 0 Å². The van der Waals surface area contributed by atoms with E-state index < -0.39 is 0 Å². The highest BCUT2D eigenvalue weighted by Gasteiger charge is 2.10. The van der Waals surface area contributed by atoms with E-state index in [1.165, 1.54) is 22.3 Å². The second kappa shape index (κ2) is 5.58. The second-order valence-electron chi connectivity index (χ2n) is 4.71. The third-order valence-electron chi connectivity index (χ3n) is 3.43. The van der Waals surface area contributed by atoms with Crippen molar-refractivity contribution in [3.05, 3.63) is 76.8 Å².